The molecule has 5 atom stereocenters. The van der Waals surface area contributed by atoms with Crippen molar-refractivity contribution in [1.82, 2.24) is 0 Å². The number of cyclic esters (lactones) is 1. The van der Waals surface area contributed by atoms with Gasteiger partial charge in [-0.05, 0) is 38.5 Å². The van der Waals surface area contributed by atoms with Gasteiger partial charge in [0.2, 0.25) is 0 Å². The molecular formula is C27H36O10. The molecule has 0 radical (unpaired) electrons. The molecule has 0 bridgehead atoms. The van der Waals surface area contributed by atoms with E-state index >= 15 is 0 Å². The number of carbonyl (C=O) groups excluding carboxylic acids is 2. The summed E-state index contributed by atoms with van der Waals surface area (Å²) in [6, 6.07) is 3.27. The minimum atomic E-state index is -1.02. The fraction of sp³-hybridized carbons (Fsp3) is 0.556. The molecule has 0 N–H and O–H groups in total. The van der Waals surface area contributed by atoms with Crippen LogP contribution in [0.1, 0.15) is 43.6 Å². The Kier molecular flexibility index (Phi) is 9.86. The van der Waals surface area contributed by atoms with Crippen LogP contribution in [0.25, 0.3) is 6.08 Å². The maximum Gasteiger partial charge on any atom is 0.342 e. The van der Waals surface area contributed by atoms with Gasteiger partial charge in [-0.1, -0.05) is 25.2 Å². The van der Waals surface area contributed by atoms with Crippen molar-refractivity contribution in [2.45, 2.75) is 57.9 Å². The summed E-state index contributed by atoms with van der Waals surface area (Å²) < 4.78 is 45.0. The summed E-state index contributed by atoms with van der Waals surface area (Å²) in [6.45, 7) is 6.93. The Morgan fingerprint density at radius 1 is 0.946 bits per heavy atom. The third-order valence-electron chi connectivity index (χ3n) is 6.05. The summed E-state index contributed by atoms with van der Waals surface area (Å²) in [5.74, 6) is -1.48. The second-order valence-electron chi connectivity index (χ2n) is 9.29. The first kappa shape index (κ1) is 28.8. The van der Waals surface area contributed by atoms with Gasteiger partial charge < -0.3 is 37.9 Å². The number of ether oxygens (including phenoxy) is 8. The van der Waals surface area contributed by atoms with Gasteiger partial charge in [-0.15, -0.1) is 0 Å². The molecule has 1 aromatic rings. The lowest BCUT2D eigenvalue weighted by Gasteiger charge is -2.24. The summed E-state index contributed by atoms with van der Waals surface area (Å²) in [7, 11) is 4.48. The monoisotopic (exact) mass is 520 g/mol. The van der Waals surface area contributed by atoms with Crippen molar-refractivity contribution in [3.63, 3.8) is 0 Å². The molecule has 0 aliphatic carbocycles. The Labute approximate surface area is 217 Å². The molecule has 204 valence electrons. The minimum Gasteiger partial charge on any atom is -0.497 e. The van der Waals surface area contributed by atoms with Crippen LogP contribution in [-0.4, -0.2) is 76.9 Å². The van der Waals surface area contributed by atoms with Crippen LogP contribution in [0, 0.1) is 5.92 Å². The molecule has 0 spiro atoms. The Morgan fingerprint density at radius 3 is 2.35 bits per heavy atom. The van der Waals surface area contributed by atoms with Gasteiger partial charge in [-0.25, -0.2) is 4.79 Å². The number of esters is 1. The van der Waals surface area contributed by atoms with Gasteiger partial charge in [-0.3, -0.25) is 4.79 Å². The van der Waals surface area contributed by atoms with Crippen molar-refractivity contribution in [2.75, 3.05) is 34.9 Å². The van der Waals surface area contributed by atoms with Crippen molar-refractivity contribution in [1.29, 1.82) is 0 Å². The average molecular weight is 521 g/mol. The number of rotatable bonds is 7. The first-order chi connectivity index (χ1) is 17.6. The van der Waals surface area contributed by atoms with Gasteiger partial charge >= 0.3 is 5.97 Å². The first-order valence-electron chi connectivity index (χ1n) is 12.0. The molecule has 1 saturated heterocycles. The fourth-order valence-corrected chi connectivity index (χ4v) is 4.00. The zero-order valence-electron chi connectivity index (χ0n) is 22.3. The predicted octanol–water partition coefficient (Wildman–Crippen LogP) is 3.52. The van der Waals surface area contributed by atoms with E-state index in [1.807, 2.05) is 6.92 Å². The second-order valence-corrected chi connectivity index (χ2v) is 9.29. The minimum absolute atomic E-state index is 0.0597. The lowest BCUT2D eigenvalue weighted by atomic mass is 9.98. The normalized spacial score (nSPS) is 28.6. The summed E-state index contributed by atoms with van der Waals surface area (Å²) in [5.41, 5.74) is 0.645. The Bertz CT molecular complexity index is 1010. The van der Waals surface area contributed by atoms with E-state index in [4.69, 9.17) is 37.9 Å². The topological polar surface area (TPSA) is 108 Å². The number of hydrogen-bond acceptors (Lipinski definition) is 10. The number of benzene rings is 1. The van der Waals surface area contributed by atoms with Crippen LogP contribution in [-0.2, 0) is 33.2 Å². The van der Waals surface area contributed by atoms with Gasteiger partial charge in [0, 0.05) is 26.2 Å². The molecule has 3 rings (SSSR count). The van der Waals surface area contributed by atoms with Gasteiger partial charge in [0.05, 0.1) is 7.11 Å². The molecule has 37 heavy (non-hydrogen) atoms. The molecule has 2 aliphatic rings. The van der Waals surface area contributed by atoms with Crippen molar-refractivity contribution in [2.24, 2.45) is 5.92 Å². The van der Waals surface area contributed by atoms with Crippen LogP contribution in [0.2, 0.25) is 0 Å². The number of ketones is 1. The molecule has 0 aromatic heterocycles. The highest BCUT2D eigenvalue weighted by Crippen LogP contribution is 2.35. The SMILES string of the molecule is COCOc1cc(OC)cc2c1C(=O)O[C@@H](C)[C@H](C)/C=C\C(=O)[C@H]1OC(C)(C)O[C@H]1C(OCOC)C=C2. The van der Waals surface area contributed by atoms with Crippen LogP contribution >= 0.6 is 0 Å². The second kappa shape index (κ2) is 12.7. The third-order valence-corrected chi connectivity index (χ3v) is 6.05. The van der Waals surface area contributed by atoms with E-state index in [0.717, 1.165) is 0 Å². The van der Waals surface area contributed by atoms with E-state index in [2.05, 4.69) is 0 Å². The standard InChI is InChI=1S/C27H36O10/c1-16-8-10-20(28)24-25(37-27(3,4)36-24)21(33-14-30-5)11-9-18-12-19(32-7)13-22(34-15-31-6)23(18)26(29)35-17(16)2/h8-13,16-17,21,24-25H,14-15H2,1-7H3/b10-8-,11-9?/t16-,17+,21?,24-,25+/m1/s1. The quantitative estimate of drug-likeness (QED) is 0.391. The van der Waals surface area contributed by atoms with Gasteiger partial charge in [0.1, 0.15) is 42.2 Å². The van der Waals surface area contributed by atoms with Crippen molar-refractivity contribution in [3.8, 4) is 11.5 Å². The molecule has 1 unspecified atom stereocenters. The number of hydrogen-bond donors (Lipinski definition) is 0. The number of methoxy groups -OCH3 is 3. The predicted molar refractivity (Wildman–Crippen MR) is 133 cm³/mol. The number of fused-ring (bicyclic) bond motifs is 2. The summed E-state index contributed by atoms with van der Waals surface area (Å²) in [4.78, 5) is 26.6. The fourth-order valence-electron chi connectivity index (χ4n) is 4.00. The van der Waals surface area contributed by atoms with E-state index in [1.54, 1.807) is 51.1 Å². The van der Waals surface area contributed by atoms with Crippen LogP contribution in [0.15, 0.2) is 30.4 Å². The number of carbonyl (C=O) groups is 2. The maximum atomic E-state index is 13.4. The van der Waals surface area contributed by atoms with E-state index < -0.39 is 36.2 Å². The van der Waals surface area contributed by atoms with E-state index in [-0.39, 0.29) is 36.6 Å². The van der Waals surface area contributed by atoms with Crippen LogP contribution in [0.3, 0.4) is 0 Å². The molecule has 10 heteroatoms. The molecule has 2 aliphatic heterocycles. The summed E-state index contributed by atoms with van der Waals surface area (Å²) in [6.07, 6.45) is 3.48. The molecule has 0 saturated carbocycles. The summed E-state index contributed by atoms with van der Waals surface area (Å²) >= 11 is 0. The molecular weight excluding hydrogens is 484 g/mol. The van der Waals surface area contributed by atoms with Gasteiger partial charge in [0.25, 0.3) is 0 Å². The highest BCUT2D eigenvalue weighted by molar-refractivity contribution is 5.97. The highest BCUT2D eigenvalue weighted by atomic mass is 16.8. The summed E-state index contributed by atoms with van der Waals surface area (Å²) in [5, 5.41) is 0. The van der Waals surface area contributed by atoms with E-state index in [9.17, 15) is 9.59 Å². The lowest BCUT2D eigenvalue weighted by Crippen LogP contribution is -2.40. The first-order valence-corrected chi connectivity index (χ1v) is 12.0. The van der Waals surface area contributed by atoms with Crippen molar-refractivity contribution in [3.05, 3.63) is 41.5 Å². The Morgan fingerprint density at radius 2 is 1.68 bits per heavy atom. The van der Waals surface area contributed by atoms with Crippen molar-refractivity contribution >= 4 is 17.8 Å². The lowest BCUT2D eigenvalue weighted by molar-refractivity contribution is -0.164. The Balaban J connectivity index is 2.18. The van der Waals surface area contributed by atoms with Crippen LogP contribution < -0.4 is 9.47 Å². The average Bonchev–Trinajstić information content (AvgIpc) is 3.19. The molecule has 1 aromatic carbocycles. The molecule has 2 heterocycles. The largest absolute Gasteiger partial charge is 0.497 e. The highest BCUT2D eigenvalue weighted by Gasteiger charge is 2.48. The maximum absolute atomic E-state index is 13.4. The van der Waals surface area contributed by atoms with E-state index in [0.29, 0.717) is 11.3 Å². The third kappa shape index (κ3) is 7.18. The molecule has 10 nitrogen and oxygen atoms in total. The van der Waals surface area contributed by atoms with Crippen LogP contribution in [0.5, 0.6) is 11.5 Å². The van der Waals surface area contributed by atoms with Crippen molar-refractivity contribution < 1.29 is 47.5 Å². The molecule has 1 fully saturated rings. The van der Waals surface area contributed by atoms with Crippen LogP contribution in [0.4, 0.5) is 0 Å². The Hall–Kier alpha value is -2.76. The van der Waals surface area contributed by atoms with Gasteiger partial charge in [-0.2, -0.15) is 0 Å². The zero-order valence-corrected chi connectivity index (χ0v) is 22.3. The molecule has 0 amide bonds. The van der Waals surface area contributed by atoms with Gasteiger partial charge in [0.15, 0.2) is 24.5 Å². The zero-order chi connectivity index (χ0) is 27.2. The van der Waals surface area contributed by atoms with E-state index in [1.165, 1.54) is 27.4 Å². The smallest absolute Gasteiger partial charge is 0.342 e.